The number of rotatable bonds is 3. The third-order valence-electron chi connectivity index (χ3n) is 5.55. The highest BCUT2D eigenvalue weighted by atomic mass is 16.1. The molecule has 1 amide bonds. The summed E-state index contributed by atoms with van der Waals surface area (Å²) >= 11 is 0. The standard InChI is InChI=1S/C17H27N7O/c1-2-18-16(19-10-14-22-21-13-5-3-8-24(13)14)23-7-4-6-17(12-23)9-15(25)20-11-17/h2-12H2,1H3,(H,18,19)(H,20,25). The van der Waals surface area contributed by atoms with Gasteiger partial charge in [0.1, 0.15) is 12.4 Å². The molecule has 1 aromatic rings. The number of piperidine rings is 1. The number of fused-ring (bicyclic) bond motifs is 1. The number of aliphatic imine (C=N–C) groups is 1. The van der Waals surface area contributed by atoms with Crippen molar-refractivity contribution in [3.8, 4) is 0 Å². The maximum Gasteiger partial charge on any atom is 0.220 e. The van der Waals surface area contributed by atoms with Crippen LogP contribution in [-0.2, 0) is 24.3 Å². The van der Waals surface area contributed by atoms with E-state index >= 15 is 0 Å². The van der Waals surface area contributed by atoms with Crippen LogP contribution < -0.4 is 10.6 Å². The van der Waals surface area contributed by atoms with Gasteiger partial charge in [-0.15, -0.1) is 10.2 Å². The molecule has 25 heavy (non-hydrogen) atoms. The van der Waals surface area contributed by atoms with Crippen LogP contribution >= 0.6 is 0 Å². The fourth-order valence-electron chi connectivity index (χ4n) is 4.33. The van der Waals surface area contributed by atoms with Gasteiger partial charge in [-0.1, -0.05) is 0 Å². The Labute approximate surface area is 148 Å². The number of likely N-dealkylation sites (tertiary alicyclic amines) is 1. The van der Waals surface area contributed by atoms with Gasteiger partial charge < -0.3 is 20.1 Å². The van der Waals surface area contributed by atoms with Gasteiger partial charge in [0, 0.05) is 51.0 Å². The van der Waals surface area contributed by atoms with E-state index in [2.05, 4.69) is 37.2 Å². The van der Waals surface area contributed by atoms with Crippen LogP contribution in [0.1, 0.15) is 44.3 Å². The summed E-state index contributed by atoms with van der Waals surface area (Å²) in [6, 6.07) is 0. The molecule has 3 aliphatic heterocycles. The molecule has 8 heteroatoms. The lowest BCUT2D eigenvalue weighted by molar-refractivity contribution is -0.119. The Morgan fingerprint density at radius 2 is 2.28 bits per heavy atom. The van der Waals surface area contributed by atoms with Crippen molar-refractivity contribution in [2.24, 2.45) is 10.4 Å². The van der Waals surface area contributed by atoms with Crippen molar-refractivity contribution < 1.29 is 4.79 Å². The summed E-state index contributed by atoms with van der Waals surface area (Å²) < 4.78 is 2.20. The number of hydrogen-bond donors (Lipinski definition) is 2. The molecule has 0 bridgehead atoms. The Hall–Kier alpha value is -2.12. The maximum atomic E-state index is 11.7. The van der Waals surface area contributed by atoms with E-state index in [0.29, 0.717) is 13.0 Å². The fourth-order valence-corrected chi connectivity index (χ4v) is 4.33. The van der Waals surface area contributed by atoms with Gasteiger partial charge in [-0.3, -0.25) is 4.79 Å². The lowest BCUT2D eigenvalue weighted by Gasteiger charge is -2.40. The van der Waals surface area contributed by atoms with Crippen molar-refractivity contribution >= 4 is 11.9 Å². The fraction of sp³-hybridized carbons (Fsp3) is 0.765. The summed E-state index contributed by atoms with van der Waals surface area (Å²) in [5.74, 6) is 3.15. The summed E-state index contributed by atoms with van der Waals surface area (Å²) in [4.78, 5) is 18.9. The van der Waals surface area contributed by atoms with Crippen molar-refractivity contribution in [1.29, 1.82) is 0 Å². The first-order chi connectivity index (χ1) is 12.2. The number of hydrogen-bond acceptors (Lipinski definition) is 4. The van der Waals surface area contributed by atoms with Crippen LogP contribution in [0.25, 0.3) is 0 Å². The molecule has 2 N–H and O–H groups in total. The molecular weight excluding hydrogens is 318 g/mol. The molecule has 0 aromatic carbocycles. The van der Waals surface area contributed by atoms with Crippen molar-refractivity contribution in [3.63, 3.8) is 0 Å². The summed E-state index contributed by atoms with van der Waals surface area (Å²) in [6.45, 7) is 7.14. The third-order valence-corrected chi connectivity index (χ3v) is 5.55. The minimum absolute atomic E-state index is 0.0711. The largest absolute Gasteiger partial charge is 0.357 e. The second kappa shape index (κ2) is 6.65. The first kappa shape index (κ1) is 16.4. The SMILES string of the molecule is CCNC(=NCc1nnc2n1CCC2)N1CCCC2(CNC(=O)C2)C1. The maximum absolute atomic E-state index is 11.7. The van der Waals surface area contributed by atoms with Crippen molar-refractivity contribution in [3.05, 3.63) is 11.6 Å². The number of amides is 1. The predicted octanol–water partition coefficient (Wildman–Crippen LogP) is 0.292. The minimum atomic E-state index is 0.0711. The lowest BCUT2D eigenvalue weighted by atomic mass is 9.79. The predicted molar refractivity (Wildman–Crippen MR) is 94.0 cm³/mol. The van der Waals surface area contributed by atoms with Crippen molar-refractivity contribution in [2.45, 2.75) is 52.1 Å². The molecule has 1 aromatic heterocycles. The molecule has 1 spiro atoms. The number of nitrogens with one attached hydrogen (secondary N) is 2. The van der Waals surface area contributed by atoms with Gasteiger partial charge in [-0.2, -0.15) is 0 Å². The number of nitrogens with zero attached hydrogens (tertiary/aromatic N) is 5. The van der Waals surface area contributed by atoms with E-state index < -0.39 is 0 Å². The first-order valence-corrected chi connectivity index (χ1v) is 9.40. The van der Waals surface area contributed by atoms with E-state index in [1.165, 1.54) is 0 Å². The van der Waals surface area contributed by atoms with Gasteiger partial charge in [0.25, 0.3) is 0 Å². The van der Waals surface area contributed by atoms with Gasteiger partial charge in [0.2, 0.25) is 5.91 Å². The van der Waals surface area contributed by atoms with Crippen LogP contribution in [0.4, 0.5) is 0 Å². The zero-order chi connectivity index (χ0) is 17.3. The van der Waals surface area contributed by atoms with Crippen LogP contribution in [0.15, 0.2) is 4.99 Å². The van der Waals surface area contributed by atoms with Gasteiger partial charge >= 0.3 is 0 Å². The highest BCUT2D eigenvalue weighted by molar-refractivity contribution is 5.81. The number of carbonyl (C=O) groups excluding carboxylic acids is 1. The Kier molecular flexibility index (Phi) is 4.35. The summed E-state index contributed by atoms with van der Waals surface area (Å²) in [7, 11) is 0. The average Bonchev–Trinajstić information content (AvgIpc) is 3.29. The van der Waals surface area contributed by atoms with E-state index in [0.717, 1.165) is 76.0 Å². The molecule has 2 saturated heterocycles. The van der Waals surface area contributed by atoms with Crippen molar-refractivity contribution in [2.75, 3.05) is 26.2 Å². The topological polar surface area (TPSA) is 87.4 Å². The normalized spacial score (nSPS) is 26.2. The van der Waals surface area contributed by atoms with Crippen LogP contribution in [0, 0.1) is 5.41 Å². The van der Waals surface area contributed by atoms with Crippen LogP contribution in [0.2, 0.25) is 0 Å². The first-order valence-electron chi connectivity index (χ1n) is 9.40. The van der Waals surface area contributed by atoms with E-state index in [4.69, 9.17) is 4.99 Å². The van der Waals surface area contributed by atoms with Crippen LogP contribution in [-0.4, -0.2) is 57.7 Å². The highest BCUT2D eigenvalue weighted by Crippen LogP contribution is 2.36. The second-order valence-corrected chi connectivity index (χ2v) is 7.44. The quantitative estimate of drug-likeness (QED) is 0.607. The van der Waals surface area contributed by atoms with Gasteiger partial charge in [0.05, 0.1) is 0 Å². The molecule has 4 heterocycles. The molecule has 2 fully saturated rings. The molecule has 0 radical (unpaired) electrons. The molecule has 136 valence electrons. The van der Waals surface area contributed by atoms with E-state index in [1.807, 2.05) is 0 Å². The Morgan fingerprint density at radius 1 is 1.36 bits per heavy atom. The van der Waals surface area contributed by atoms with Gasteiger partial charge in [0.15, 0.2) is 11.8 Å². The van der Waals surface area contributed by atoms with E-state index in [9.17, 15) is 4.79 Å². The monoisotopic (exact) mass is 345 g/mol. The Balaban J connectivity index is 1.49. The molecule has 3 aliphatic rings. The van der Waals surface area contributed by atoms with E-state index in [-0.39, 0.29) is 11.3 Å². The summed E-state index contributed by atoms with van der Waals surface area (Å²) in [5.41, 5.74) is 0.0711. The molecule has 1 unspecified atom stereocenters. The van der Waals surface area contributed by atoms with Gasteiger partial charge in [-0.05, 0) is 26.2 Å². The molecular formula is C17H27N7O. The van der Waals surface area contributed by atoms with Crippen molar-refractivity contribution in [1.82, 2.24) is 30.3 Å². The number of guanidine groups is 1. The van der Waals surface area contributed by atoms with Crippen LogP contribution in [0.3, 0.4) is 0 Å². The molecule has 4 rings (SSSR count). The van der Waals surface area contributed by atoms with Gasteiger partial charge in [-0.25, -0.2) is 4.99 Å². The Morgan fingerprint density at radius 3 is 3.08 bits per heavy atom. The zero-order valence-electron chi connectivity index (χ0n) is 14.9. The van der Waals surface area contributed by atoms with E-state index in [1.54, 1.807) is 0 Å². The second-order valence-electron chi connectivity index (χ2n) is 7.44. The molecule has 0 aliphatic carbocycles. The highest BCUT2D eigenvalue weighted by Gasteiger charge is 2.42. The summed E-state index contributed by atoms with van der Waals surface area (Å²) in [5, 5.41) is 15.0. The number of carbonyl (C=O) groups is 1. The molecule has 0 saturated carbocycles. The molecule has 1 atom stereocenters. The third kappa shape index (κ3) is 3.21. The minimum Gasteiger partial charge on any atom is -0.357 e. The lowest BCUT2D eigenvalue weighted by Crippen LogP contribution is -2.51. The Bertz CT molecular complexity index is 683. The zero-order valence-corrected chi connectivity index (χ0v) is 14.9. The number of aromatic nitrogens is 3. The smallest absolute Gasteiger partial charge is 0.220 e. The summed E-state index contributed by atoms with van der Waals surface area (Å²) in [6.07, 6.45) is 5.02. The van der Waals surface area contributed by atoms with Crippen LogP contribution in [0.5, 0.6) is 0 Å². The average molecular weight is 345 g/mol. The molecule has 8 nitrogen and oxygen atoms in total. The number of aryl methyl sites for hydroxylation is 1.